The average molecular weight is 555 g/mol. The number of nitrogens with zero attached hydrogens (tertiary/aromatic N) is 1. The van der Waals surface area contributed by atoms with Gasteiger partial charge in [-0.1, -0.05) is 55.8 Å². The maximum absolute atomic E-state index is 13.4. The highest BCUT2D eigenvalue weighted by Crippen LogP contribution is 2.30. The van der Waals surface area contributed by atoms with Gasteiger partial charge in [0.05, 0.1) is 39.0 Å². The Morgan fingerprint density at radius 1 is 1.26 bits per heavy atom. The summed E-state index contributed by atoms with van der Waals surface area (Å²) >= 11 is 6.25. The van der Waals surface area contributed by atoms with E-state index in [1.54, 1.807) is 18.0 Å². The largest absolute Gasteiger partial charge is 0.453 e. The number of aliphatic hydroxyl groups excluding tert-OH is 1. The summed E-state index contributed by atoms with van der Waals surface area (Å²) in [4.78, 5) is 26.5. The van der Waals surface area contributed by atoms with Gasteiger partial charge in [-0.25, -0.2) is 9.59 Å². The molecule has 0 aromatic heterocycles. The van der Waals surface area contributed by atoms with Gasteiger partial charge in [0.2, 0.25) is 0 Å². The van der Waals surface area contributed by atoms with Crippen molar-refractivity contribution in [2.75, 3.05) is 53.6 Å². The van der Waals surface area contributed by atoms with Gasteiger partial charge < -0.3 is 40.2 Å². The first kappa shape index (κ1) is 30.4. The minimum Gasteiger partial charge on any atom is -0.453 e. The Bertz CT molecular complexity index is 872. The lowest BCUT2D eigenvalue weighted by Crippen LogP contribution is -2.56. The summed E-state index contributed by atoms with van der Waals surface area (Å²) in [6.45, 7) is 1.99. The van der Waals surface area contributed by atoms with Crippen molar-refractivity contribution in [2.45, 2.75) is 62.9 Å². The molecule has 4 atom stereocenters. The number of carbonyl (C=O) groups is 2. The minimum absolute atomic E-state index is 0.216. The summed E-state index contributed by atoms with van der Waals surface area (Å²) < 4.78 is 16.8. The van der Waals surface area contributed by atoms with Gasteiger partial charge in [0.25, 0.3) is 0 Å². The molecule has 2 fully saturated rings. The predicted octanol–water partition coefficient (Wildman–Crippen LogP) is 3.08. The van der Waals surface area contributed by atoms with E-state index >= 15 is 0 Å². The van der Waals surface area contributed by atoms with Gasteiger partial charge in [-0.3, -0.25) is 0 Å². The van der Waals surface area contributed by atoms with Crippen LogP contribution in [0.3, 0.4) is 0 Å². The van der Waals surface area contributed by atoms with Crippen LogP contribution in [0.5, 0.6) is 0 Å². The Morgan fingerprint density at radius 2 is 2.05 bits per heavy atom. The lowest BCUT2D eigenvalue weighted by molar-refractivity contribution is -0.105. The maximum Gasteiger partial charge on any atom is 0.406 e. The van der Waals surface area contributed by atoms with Crippen LogP contribution in [0.25, 0.3) is 0 Å². The van der Waals surface area contributed by atoms with E-state index in [1.165, 1.54) is 26.4 Å². The molecule has 1 aromatic rings. The second-order valence-corrected chi connectivity index (χ2v) is 10.5. The monoisotopic (exact) mass is 554 g/mol. The molecule has 38 heavy (non-hydrogen) atoms. The number of likely N-dealkylation sites (N-methyl/N-ethyl adjacent to an activating group) is 1. The number of benzene rings is 1. The highest BCUT2D eigenvalue weighted by atomic mass is 35.5. The fourth-order valence-corrected chi connectivity index (χ4v) is 5.45. The molecular weight excluding hydrogens is 512 g/mol. The first-order valence-corrected chi connectivity index (χ1v) is 14.0. The van der Waals surface area contributed by atoms with Crippen LogP contribution in [-0.4, -0.2) is 93.9 Å². The molecule has 0 unspecified atom stereocenters. The number of amides is 3. The van der Waals surface area contributed by atoms with Gasteiger partial charge in [-0.15, -0.1) is 0 Å². The van der Waals surface area contributed by atoms with Crippen LogP contribution in [0, 0.1) is 5.92 Å². The molecule has 0 bridgehead atoms. The van der Waals surface area contributed by atoms with Crippen molar-refractivity contribution in [3.05, 3.63) is 34.9 Å². The molecule has 1 heterocycles. The summed E-state index contributed by atoms with van der Waals surface area (Å²) in [5.74, 6) is 0.511. The van der Waals surface area contributed by atoms with Crippen molar-refractivity contribution in [1.82, 2.24) is 20.9 Å². The van der Waals surface area contributed by atoms with Crippen molar-refractivity contribution < 1.29 is 28.9 Å². The van der Waals surface area contributed by atoms with E-state index in [0.717, 1.165) is 24.8 Å². The van der Waals surface area contributed by atoms with Gasteiger partial charge in [0.1, 0.15) is 12.2 Å². The van der Waals surface area contributed by atoms with Crippen molar-refractivity contribution in [1.29, 1.82) is 0 Å². The number of urea groups is 1. The van der Waals surface area contributed by atoms with E-state index in [0.29, 0.717) is 37.2 Å². The number of rotatable bonds is 12. The first-order chi connectivity index (χ1) is 18.4. The lowest BCUT2D eigenvalue weighted by Gasteiger charge is -2.38. The second kappa shape index (κ2) is 16.1. The van der Waals surface area contributed by atoms with E-state index in [4.69, 9.17) is 21.1 Å². The molecule has 10 nitrogen and oxygen atoms in total. The molecule has 3 rings (SSSR count). The van der Waals surface area contributed by atoms with Crippen molar-refractivity contribution in [3.63, 3.8) is 0 Å². The zero-order valence-corrected chi connectivity index (χ0v) is 23.3. The molecular formula is C27H43ClN4O6. The zero-order chi connectivity index (χ0) is 27.3. The topological polar surface area (TPSA) is 121 Å². The van der Waals surface area contributed by atoms with Crippen LogP contribution < -0.4 is 16.0 Å². The Kier molecular flexibility index (Phi) is 12.9. The highest BCUT2D eigenvalue weighted by Gasteiger charge is 2.34. The number of ether oxygens (including phenoxy) is 3. The Balaban J connectivity index is 1.66. The van der Waals surface area contributed by atoms with Crippen molar-refractivity contribution in [2.24, 2.45) is 5.92 Å². The minimum atomic E-state index is -0.674. The first-order valence-electron chi connectivity index (χ1n) is 13.6. The summed E-state index contributed by atoms with van der Waals surface area (Å²) in [7, 11) is 3.10. The Morgan fingerprint density at radius 3 is 2.76 bits per heavy atom. The quantitative estimate of drug-likeness (QED) is 0.293. The Labute approximate surface area is 230 Å². The summed E-state index contributed by atoms with van der Waals surface area (Å²) in [5.41, 5.74) is 0.822. The van der Waals surface area contributed by atoms with Crippen LogP contribution >= 0.6 is 11.6 Å². The van der Waals surface area contributed by atoms with Crippen LogP contribution in [0.15, 0.2) is 24.3 Å². The standard InChI is InChI=1S/C27H43ClN4O6/c1-29-17-23(33)22(15-19-7-4-3-5-8-19)31-26(34)32-12-14-37-24(18-32)25(20-9-6-10-21(28)16-20)38-13-11-30-27(35)36-2/h6,9-10,16,19,22-25,29,33H,3-5,7-8,11-15,17-18H2,1-2H3,(H,30,35)(H,31,34)/t22-,23+,24-,25+/m0/s1. The van der Waals surface area contributed by atoms with Gasteiger partial charge >= 0.3 is 12.1 Å². The number of halogens is 1. The smallest absolute Gasteiger partial charge is 0.406 e. The number of morpholine rings is 1. The molecule has 4 N–H and O–H groups in total. The van der Waals surface area contributed by atoms with Crippen LogP contribution in [0.1, 0.15) is 50.2 Å². The van der Waals surface area contributed by atoms with Gasteiger partial charge in [-0.05, 0) is 37.1 Å². The van der Waals surface area contributed by atoms with Gasteiger partial charge in [0, 0.05) is 24.7 Å². The molecule has 0 radical (unpaired) electrons. The number of hydrogen-bond acceptors (Lipinski definition) is 7. The molecule has 1 aliphatic heterocycles. The predicted molar refractivity (Wildman–Crippen MR) is 145 cm³/mol. The number of methoxy groups -OCH3 is 1. The van der Waals surface area contributed by atoms with Crippen molar-refractivity contribution >= 4 is 23.7 Å². The lowest BCUT2D eigenvalue weighted by atomic mass is 9.83. The van der Waals surface area contributed by atoms with Crippen LogP contribution in [-0.2, 0) is 14.2 Å². The second-order valence-electron chi connectivity index (χ2n) is 10.0. The number of hydrogen-bond donors (Lipinski definition) is 4. The van der Waals surface area contributed by atoms with Crippen LogP contribution in [0.2, 0.25) is 5.02 Å². The summed E-state index contributed by atoms with van der Waals surface area (Å²) in [5, 5.41) is 20.1. The number of alkyl carbamates (subject to hydrolysis) is 1. The third-order valence-electron chi connectivity index (χ3n) is 7.25. The fourth-order valence-electron chi connectivity index (χ4n) is 5.25. The summed E-state index contributed by atoms with van der Waals surface area (Å²) in [6.07, 6.45) is 4.57. The molecule has 214 valence electrons. The van der Waals surface area contributed by atoms with E-state index in [1.807, 2.05) is 18.2 Å². The number of aliphatic hydroxyl groups is 1. The molecule has 11 heteroatoms. The van der Waals surface area contributed by atoms with Gasteiger partial charge in [-0.2, -0.15) is 0 Å². The molecule has 0 spiro atoms. The fraction of sp³-hybridized carbons (Fsp3) is 0.704. The van der Waals surface area contributed by atoms with E-state index in [9.17, 15) is 14.7 Å². The molecule has 1 aliphatic carbocycles. The van der Waals surface area contributed by atoms with E-state index < -0.39 is 24.4 Å². The van der Waals surface area contributed by atoms with E-state index in [-0.39, 0.29) is 25.2 Å². The molecule has 1 aromatic carbocycles. The third-order valence-corrected chi connectivity index (χ3v) is 7.48. The normalized spacial score (nSPS) is 20.8. The maximum atomic E-state index is 13.4. The van der Waals surface area contributed by atoms with E-state index in [2.05, 4.69) is 20.7 Å². The highest BCUT2D eigenvalue weighted by molar-refractivity contribution is 6.30. The molecule has 1 saturated heterocycles. The van der Waals surface area contributed by atoms with Gasteiger partial charge in [0.15, 0.2) is 0 Å². The average Bonchev–Trinajstić information content (AvgIpc) is 2.93. The SMILES string of the molecule is CNC[C@@H](O)[C@H](CC1CCCCC1)NC(=O)N1CCO[C@H]([C@H](OCCNC(=O)OC)c2cccc(Cl)c2)C1. The summed E-state index contributed by atoms with van der Waals surface area (Å²) in [6, 6.07) is 6.80. The molecule has 3 amide bonds. The van der Waals surface area contributed by atoms with Crippen molar-refractivity contribution in [3.8, 4) is 0 Å². The molecule has 1 saturated carbocycles. The molecule has 2 aliphatic rings. The Hall–Kier alpha value is -2.11. The number of nitrogens with one attached hydrogen (secondary N) is 3. The zero-order valence-electron chi connectivity index (χ0n) is 22.5. The third kappa shape index (κ3) is 9.57. The van der Waals surface area contributed by atoms with Crippen LogP contribution in [0.4, 0.5) is 9.59 Å². The number of carbonyl (C=O) groups excluding carboxylic acids is 2.